The van der Waals surface area contributed by atoms with Crippen molar-refractivity contribution in [2.24, 2.45) is 0 Å². The Kier molecular flexibility index (Phi) is 3.03. The number of benzene rings is 1. The van der Waals surface area contributed by atoms with Crippen LogP contribution in [0.4, 0.5) is 4.79 Å². The molecule has 19 heavy (non-hydrogen) atoms. The molecule has 3 rings (SSSR count). The maximum absolute atomic E-state index is 11.5. The van der Waals surface area contributed by atoms with E-state index in [1.165, 1.54) is 0 Å². The van der Waals surface area contributed by atoms with Crippen molar-refractivity contribution in [1.82, 2.24) is 10.6 Å². The average molecular weight is 260 g/mol. The summed E-state index contributed by atoms with van der Waals surface area (Å²) in [6.07, 6.45) is 4.51. The van der Waals surface area contributed by atoms with Gasteiger partial charge >= 0.3 is 6.03 Å². The number of nitrogens with one attached hydrogen (secondary N) is 2. The number of fused-ring (bicyclic) bond motifs is 1. The lowest BCUT2D eigenvalue weighted by atomic mass is 10.1. The largest absolute Gasteiger partial charge is 0.508 e. The molecule has 0 radical (unpaired) electrons. The summed E-state index contributed by atoms with van der Waals surface area (Å²) >= 11 is 0. The van der Waals surface area contributed by atoms with Crippen molar-refractivity contribution in [2.75, 3.05) is 6.54 Å². The molecule has 1 aromatic heterocycles. The molecular weight excluding hydrogens is 244 g/mol. The van der Waals surface area contributed by atoms with Crippen LogP contribution >= 0.6 is 0 Å². The molecular formula is C14H16N2O3. The number of furan rings is 1. The fourth-order valence-electron chi connectivity index (χ4n) is 2.04. The van der Waals surface area contributed by atoms with Crippen molar-refractivity contribution in [3.8, 4) is 5.75 Å². The summed E-state index contributed by atoms with van der Waals surface area (Å²) in [6, 6.07) is 5.27. The molecule has 3 N–H and O–H groups in total. The Hall–Kier alpha value is -2.17. The summed E-state index contributed by atoms with van der Waals surface area (Å²) in [5.74, 6) is 0.217. The second-order valence-electron chi connectivity index (χ2n) is 4.87. The number of rotatable bonds is 4. The van der Waals surface area contributed by atoms with Gasteiger partial charge in [-0.15, -0.1) is 0 Å². The van der Waals surface area contributed by atoms with Crippen LogP contribution in [0.15, 0.2) is 28.9 Å². The van der Waals surface area contributed by atoms with Gasteiger partial charge in [-0.1, -0.05) is 0 Å². The third-order valence-electron chi connectivity index (χ3n) is 3.23. The monoisotopic (exact) mass is 260 g/mol. The molecule has 0 saturated heterocycles. The van der Waals surface area contributed by atoms with Crippen molar-refractivity contribution in [3.05, 3.63) is 30.0 Å². The molecule has 1 aliphatic carbocycles. The van der Waals surface area contributed by atoms with Gasteiger partial charge in [-0.3, -0.25) is 0 Å². The van der Waals surface area contributed by atoms with Crippen molar-refractivity contribution >= 4 is 17.0 Å². The molecule has 1 saturated carbocycles. The fourth-order valence-corrected chi connectivity index (χ4v) is 2.04. The highest BCUT2D eigenvalue weighted by molar-refractivity contribution is 5.82. The first-order chi connectivity index (χ1) is 9.22. The van der Waals surface area contributed by atoms with E-state index in [9.17, 15) is 9.90 Å². The smallest absolute Gasteiger partial charge is 0.315 e. The third-order valence-corrected chi connectivity index (χ3v) is 3.23. The van der Waals surface area contributed by atoms with Crippen LogP contribution < -0.4 is 10.6 Å². The SMILES string of the molecule is O=C(NCCc1coc2ccc(O)cc12)NC1CC1. The number of carbonyl (C=O) groups excluding carboxylic acids is 1. The van der Waals surface area contributed by atoms with Gasteiger partial charge in [0.25, 0.3) is 0 Å². The highest BCUT2D eigenvalue weighted by atomic mass is 16.3. The number of amides is 2. The average Bonchev–Trinajstić information content (AvgIpc) is 3.10. The summed E-state index contributed by atoms with van der Waals surface area (Å²) in [7, 11) is 0. The van der Waals surface area contributed by atoms with Gasteiger partial charge in [-0.25, -0.2) is 4.79 Å². The predicted octanol–water partition coefficient (Wildman–Crippen LogP) is 2.14. The number of urea groups is 1. The van der Waals surface area contributed by atoms with Crippen molar-refractivity contribution in [2.45, 2.75) is 25.3 Å². The molecule has 0 atom stereocenters. The first-order valence-electron chi connectivity index (χ1n) is 6.46. The van der Waals surface area contributed by atoms with Crippen molar-refractivity contribution in [1.29, 1.82) is 0 Å². The first kappa shape index (κ1) is 11.9. The summed E-state index contributed by atoms with van der Waals surface area (Å²) < 4.78 is 5.40. The Balaban J connectivity index is 1.58. The van der Waals surface area contributed by atoms with Crippen LogP contribution in [0, 0.1) is 0 Å². The van der Waals surface area contributed by atoms with Gasteiger partial charge in [0.05, 0.1) is 6.26 Å². The number of hydrogen-bond donors (Lipinski definition) is 3. The van der Waals surface area contributed by atoms with Gasteiger partial charge in [0.1, 0.15) is 11.3 Å². The van der Waals surface area contributed by atoms with E-state index < -0.39 is 0 Å². The standard InChI is InChI=1S/C14H16N2O3/c17-11-3-4-13-12(7-11)9(8-19-13)5-6-15-14(18)16-10-1-2-10/h3-4,7-8,10,17H,1-2,5-6H2,(H2,15,16,18). The van der Waals surface area contributed by atoms with E-state index in [1.54, 1.807) is 24.5 Å². The number of carbonyl (C=O) groups is 1. The van der Waals surface area contributed by atoms with Crippen molar-refractivity contribution in [3.63, 3.8) is 0 Å². The molecule has 2 aromatic rings. The van der Waals surface area contributed by atoms with E-state index in [0.29, 0.717) is 19.0 Å². The van der Waals surface area contributed by atoms with Gasteiger partial charge in [0, 0.05) is 23.5 Å². The molecule has 5 heteroatoms. The first-order valence-corrected chi connectivity index (χ1v) is 6.46. The van der Waals surface area contributed by atoms with Crippen molar-refractivity contribution < 1.29 is 14.3 Å². The highest BCUT2D eigenvalue weighted by Gasteiger charge is 2.22. The number of phenolic OH excluding ortho intramolecular Hbond substituents is 1. The summed E-state index contributed by atoms with van der Waals surface area (Å²) in [5.41, 5.74) is 1.73. The second kappa shape index (κ2) is 4.84. The van der Waals surface area contributed by atoms with Gasteiger partial charge in [0.2, 0.25) is 0 Å². The Morgan fingerprint density at radius 2 is 2.26 bits per heavy atom. The van der Waals surface area contributed by atoms with Crippen LogP contribution in [-0.2, 0) is 6.42 Å². The zero-order chi connectivity index (χ0) is 13.2. The molecule has 0 aliphatic heterocycles. The summed E-state index contributed by atoms with van der Waals surface area (Å²) in [5, 5.41) is 16.0. The number of hydrogen-bond acceptors (Lipinski definition) is 3. The topological polar surface area (TPSA) is 74.5 Å². The van der Waals surface area contributed by atoms with Crippen LogP contribution in [0.2, 0.25) is 0 Å². The lowest BCUT2D eigenvalue weighted by Gasteiger charge is -2.05. The highest BCUT2D eigenvalue weighted by Crippen LogP contribution is 2.25. The number of phenols is 1. The van der Waals surface area contributed by atoms with Gasteiger partial charge in [-0.2, -0.15) is 0 Å². The second-order valence-corrected chi connectivity index (χ2v) is 4.87. The molecule has 2 amide bonds. The molecule has 0 bridgehead atoms. The van der Waals surface area contributed by atoms with E-state index in [4.69, 9.17) is 4.42 Å². The van der Waals surface area contributed by atoms with Gasteiger partial charge in [-0.05, 0) is 37.5 Å². The molecule has 1 fully saturated rings. The van der Waals surface area contributed by atoms with E-state index in [1.807, 2.05) is 0 Å². The molecule has 1 heterocycles. The lowest BCUT2D eigenvalue weighted by Crippen LogP contribution is -2.37. The summed E-state index contributed by atoms with van der Waals surface area (Å²) in [6.45, 7) is 0.544. The zero-order valence-electron chi connectivity index (χ0n) is 10.5. The van der Waals surface area contributed by atoms with Crippen LogP contribution in [-0.4, -0.2) is 23.7 Å². The Labute approximate surface area is 110 Å². The van der Waals surface area contributed by atoms with Crippen LogP contribution in [0.1, 0.15) is 18.4 Å². The molecule has 100 valence electrons. The molecule has 1 aromatic carbocycles. The molecule has 1 aliphatic rings. The zero-order valence-corrected chi connectivity index (χ0v) is 10.5. The predicted molar refractivity (Wildman–Crippen MR) is 71.1 cm³/mol. The van der Waals surface area contributed by atoms with Gasteiger partial charge < -0.3 is 20.2 Å². The molecule has 0 spiro atoms. The van der Waals surface area contributed by atoms with E-state index in [0.717, 1.165) is 29.4 Å². The summed E-state index contributed by atoms with van der Waals surface area (Å²) in [4.78, 5) is 11.5. The Morgan fingerprint density at radius 1 is 1.42 bits per heavy atom. The Morgan fingerprint density at radius 3 is 3.05 bits per heavy atom. The Bertz CT molecular complexity index is 602. The van der Waals surface area contributed by atoms with Gasteiger partial charge in [0.15, 0.2) is 0 Å². The van der Waals surface area contributed by atoms with E-state index in [2.05, 4.69) is 10.6 Å². The maximum atomic E-state index is 11.5. The minimum Gasteiger partial charge on any atom is -0.508 e. The third kappa shape index (κ3) is 2.81. The van der Waals surface area contributed by atoms with E-state index >= 15 is 0 Å². The lowest BCUT2D eigenvalue weighted by molar-refractivity contribution is 0.240. The van der Waals surface area contributed by atoms with Crippen LogP contribution in [0.3, 0.4) is 0 Å². The minimum absolute atomic E-state index is 0.113. The fraction of sp³-hybridized carbons (Fsp3) is 0.357. The van der Waals surface area contributed by atoms with E-state index in [-0.39, 0.29) is 11.8 Å². The van der Waals surface area contributed by atoms with Crippen LogP contribution in [0.25, 0.3) is 11.0 Å². The maximum Gasteiger partial charge on any atom is 0.315 e. The van der Waals surface area contributed by atoms with Crippen LogP contribution in [0.5, 0.6) is 5.75 Å². The normalized spacial score (nSPS) is 14.5. The quantitative estimate of drug-likeness (QED) is 0.788. The molecule has 0 unspecified atom stereocenters. The minimum atomic E-state index is -0.113. The number of aromatic hydroxyl groups is 1. The molecule has 5 nitrogen and oxygen atoms in total.